The van der Waals surface area contributed by atoms with Gasteiger partial charge in [-0.15, -0.1) is 0 Å². The van der Waals surface area contributed by atoms with Gasteiger partial charge in [0.05, 0.1) is 32.0 Å². The van der Waals surface area contributed by atoms with Crippen LogP contribution in [0.3, 0.4) is 0 Å². The number of unbranched alkanes of at least 4 members (excludes halogenated alkanes) is 21. The maximum atomic E-state index is 13.4. The fraction of sp³-hybridized carbons (Fsp3) is 0.914. The minimum Gasteiger partial charge on any atom is -0.394 e. The standard InChI is InChI=1S/C58H107NO9/c1-5-7-9-11-13-15-17-22-28-34-47-42-49(47)36-30-24-20-26-31-37-51(61)50(44-67-58-56(66-40-39-45(3)4)55(64)54(63)53(43-60)68-58)59-57(65)52(62)38-32-25-19-18-23-29-35-48-41-46(48)33-27-21-16-14-12-10-8-6-2/h19,25,39,46-56,58,60-64H,5-18,20-24,26-38,40-44H2,1-4H3,(H,59,65)/b25-19-/t46?,47?,48?,49?,50-,51+,52+,53-,54-,55-,56-,58+/m0/s1. The number of hydrogen-bond donors (Lipinski definition) is 6. The second-order valence-corrected chi connectivity index (χ2v) is 21.9. The molecule has 4 unspecified atom stereocenters. The van der Waals surface area contributed by atoms with Gasteiger partial charge in [0.15, 0.2) is 6.29 Å². The maximum Gasteiger partial charge on any atom is 0.249 e. The van der Waals surface area contributed by atoms with Crippen LogP contribution in [-0.2, 0) is 19.0 Å². The normalized spacial score (nSPS) is 25.9. The predicted molar refractivity (Wildman–Crippen MR) is 278 cm³/mol. The monoisotopic (exact) mass is 962 g/mol. The maximum absolute atomic E-state index is 13.4. The van der Waals surface area contributed by atoms with E-state index in [1.165, 1.54) is 173 Å². The molecule has 0 radical (unpaired) electrons. The lowest BCUT2D eigenvalue weighted by atomic mass is 9.99. The molecule has 1 amide bonds. The van der Waals surface area contributed by atoms with Crippen molar-refractivity contribution in [2.45, 2.75) is 295 Å². The zero-order valence-corrected chi connectivity index (χ0v) is 44.2. The van der Waals surface area contributed by atoms with Crippen LogP contribution < -0.4 is 5.32 Å². The van der Waals surface area contributed by atoms with E-state index in [0.717, 1.165) is 54.9 Å². The van der Waals surface area contributed by atoms with Gasteiger partial charge in [-0.1, -0.05) is 211 Å². The highest BCUT2D eigenvalue weighted by Gasteiger charge is 2.46. The molecule has 2 aliphatic carbocycles. The number of ether oxygens (including phenoxy) is 3. The van der Waals surface area contributed by atoms with Crippen LogP contribution in [0.1, 0.15) is 246 Å². The summed E-state index contributed by atoms with van der Waals surface area (Å²) in [6, 6.07) is -0.865. The van der Waals surface area contributed by atoms with E-state index in [-0.39, 0.29) is 19.6 Å². The molecule has 0 aromatic rings. The van der Waals surface area contributed by atoms with Crippen molar-refractivity contribution in [3.8, 4) is 0 Å². The Hall–Kier alpha value is -1.37. The smallest absolute Gasteiger partial charge is 0.249 e. The molecule has 0 aromatic carbocycles. The van der Waals surface area contributed by atoms with Gasteiger partial charge < -0.3 is 45.1 Å². The van der Waals surface area contributed by atoms with Crippen molar-refractivity contribution >= 4 is 5.91 Å². The van der Waals surface area contributed by atoms with Crippen molar-refractivity contribution < 1.29 is 44.5 Å². The molecular weight excluding hydrogens is 855 g/mol. The molecule has 1 saturated heterocycles. The molecule has 10 heteroatoms. The summed E-state index contributed by atoms with van der Waals surface area (Å²) in [5.41, 5.74) is 1.01. The van der Waals surface area contributed by atoms with E-state index in [1.54, 1.807) is 0 Å². The van der Waals surface area contributed by atoms with Gasteiger partial charge in [-0.2, -0.15) is 0 Å². The van der Waals surface area contributed by atoms with Crippen LogP contribution in [0.25, 0.3) is 0 Å². The van der Waals surface area contributed by atoms with E-state index < -0.39 is 61.5 Å². The topological polar surface area (TPSA) is 158 Å². The van der Waals surface area contributed by atoms with Crippen LogP contribution in [0.5, 0.6) is 0 Å². The highest BCUT2D eigenvalue weighted by Crippen LogP contribution is 2.46. The number of rotatable bonds is 45. The summed E-state index contributed by atoms with van der Waals surface area (Å²) < 4.78 is 17.9. The second-order valence-electron chi connectivity index (χ2n) is 21.9. The van der Waals surface area contributed by atoms with E-state index in [9.17, 15) is 30.3 Å². The minimum atomic E-state index is -1.39. The fourth-order valence-electron chi connectivity index (χ4n) is 10.5. The van der Waals surface area contributed by atoms with E-state index in [0.29, 0.717) is 12.8 Å². The summed E-state index contributed by atoms with van der Waals surface area (Å²) in [5.74, 6) is 3.21. The van der Waals surface area contributed by atoms with Gasteiger partial charge in [0, 0.05) is 0 Å². The summed E-state index contributed by atoms with van der Waals surface area (Å²) in [6.07, 6.45) is 39.8. The lowest BCUT2D eigenvalue weighted by Gasteiger charge is -2.42. The van der Waals surface area contributed by atoms with Crippen molar-refractivity contribution in [3.63, 3.8) is 0 Å². The zero-order chi connectivity index (χ0) is 49.2. The van der Waals surface area contributed by atoms with Gasteiger partial charge >= 0.3 is 0 Å². The first kappa shape index (κ1) is 60.9. The van der Waals surface area contributed by atoms with Crippen molar-refractivity contribution in [2.75, 3.05) is 19.8 Å². The van der Waals surface area contributed by atoms with Crippen LogP contribution in [0.15, 0.2) is 23.8 Å². The molecule has 3 aliphatic rings. The molecule has 10 nitrogen and oxygen atoms in total. The van der Waals surface area contributed by atoms with Gasteiger partial charge in [0.2, 0.25) is 5.91 Å². The fourth-order valence-corrected chi connectivity index (χ4v) is 10.5. The molecule has 0 aromatic heterocycles. The third-order valence-electron chi connectivity index (χ3n) is 15.4. The number of aliphatic hydroxyl groups excluding tert-OH is 5. The third kappa shape index (κ3) is 27.5. The van der Waals surface area contributed by atoms with Crippen molar-refractivity contribution in [3.05, 3.63) is 23.8 Å². The third-order valence-corrected chi connectivity index (χ3v) is 15.4. The van der Waals surface area contributed by atoms with E-state index >= 15 is 0 Å². The largest absolute Gasteiger partial charge is 0.394 e. The Morgan fingerprint density at radius 2 is 1.09 bits per heavy atom. The Balaban J connectivity index is 1.37. The lowest BCUT2D eigenvalue weighted by Crippen LogP contribution is -2.61. The first-order chi connectivity index (χ1) is 33.1. The van der Waals surface area contributed by atoms with Gasteiger partial charge in [-0.25, -0.2) is 0 Å². The Bertz CT molecular complexity index is 1290. The Morgan fingerprint density at radius 3 is 1.59 bits per heavy atom. The van der Waals surface area contributed by atoms with Gasteiger partial charge in [0.25, 0.3) is 0 Å². The summed E-state index contributed by atoms with van der Waals surface area (Å²) >= 11 is 0. The summed E-state index contributed by atoms with van der Waals surface area (Å²) in [6.45, 7) is 7.83. The highest BCUT2D eigenvalue weighted by molar-refractivity contribution is 5.80. The first-order valence-electron chi connectivity index (χ1n) is 28.9. The predicted octanol–water partition coefficient (Wildman–Crippen LogP) is 12.4. The molecule has 12 atom stereocenters. The molecule has 2 saturated carbocycles. The van der Waals surface area contributed by atoms with Crippen LogP contribution in [0.2, 0.25) is 0 Å². The molecule has 68 heavy (non-hydrogen) atoms. The molecule has 0 bridgehead atoms. The van der Waals surface area contributed by atoms with Crippen LogP contribution in [0, 0.1) is 23.7 Å². The number of carbonyl (C=O) groups is 1. The number of carbonyl (C=O) groups excluding carboxylic acids is 1. The molecule has 0 spiro atoms. The van der Waals surface area contributed by atoms with Gasteiger partial charge in [0.1, 0.15) is 30.5 Å². The van der Waals surface area contributed by atoms with Crippen LogP contribution in [-0.4, -0.2) is 100 Å². The number of allylic oxidation sites excluding steroid dienone is 3. The summed E-state index contributed by atoms with van der Waals surface area (Å²) in [5, 5.41) is 56.6. The Kier molecular flexibility index (Phi) is 34.3. The average Bonchev–Trinajstić information content (AvgIpc) is 4.26. The molecule has 1 aliphatic heterocycles. The number of amides is 1. The van der Waals surface area contributed by atoms with E-state index in [1.807, 2.05) is 19.9 Å². The van der Waals surface area contributed by atoms with E-state index in [2.05, 4.69) is 31.3 Å². The Morgan fingerprint density at radius 1 is 0.618 bits per heavy atom. The molecule has 1 heterocycles. The van der Waals surface area contributed by atoms with E-state index in [4.69, 9.17) is 14.2 Å². The SMILES string of the molecule is CCCCCCCCCCCC1CC1CCCCCCC[C@@H](O)[C@H](CO[C@@H]1O[C@@H](CO)[C@H](O)[C@H](O)[C@@H]1OCC=C(C)C)NC(=O)[C@H](O)CC/C=C\CCCCC1CC1CCCCCCCCCC. The molecule has 398 valence electrons. The quantitative estimate of drug-likeness (QED) is 0.0258. The molecular formula is C58H107NO9. The number of hydrogen-bond acceptors (Lipinski definition) is 9. The first-order valence-corrected chi connectivity index (χ1v) is 28.9. The lowest BCUT2D eigenvalue weighted by molar-refractivity contribution is -0.310. The number of aliphatic hydroxyl groups is 5. The Labute approximate surface area is 416 Å². The molecule has 3 rings (SSSR count). The van der Waals surface area contributed by atoms with Crippen LogP contribution >= 0.6 is 0 Å². The zero-order valence-electron chi connectivity index (χ0n) is 44.2. The minimum absolute atomic E-state index is 0.147. The van der Waals surface area contributed by atoms with Crippen molar-refractivity contribution in [2.24, 2.45) is 23.7 Å². The summed E-state index contributed by atoms with van der Waals surface area (Å²) in [4.78, 5) is 13.4. The number of nitrogens with one attached hydrogen (secondary N) is 1. The second kappa shape index (κ2) is 38.3. The highest BCUT2D eigenvalue weighted by atomic mass is 16.7. The average molecular weight is 962 g/mol. The summed E-state index contributed by atoms with van der Waals surface area (Å²) in [7, 11) is 0. The molecule has 6 N–H and O–H groups in total. The van der Waals surface area contributed by atoms with Crippen LogP contribution in [0.4, 0.5) is 0 Å². The van der Waals surface area contributed by atoms with Crippen molar-refractivity contribution in [1.29, 1.82) is 0 Å². The van der Waals surface area contributed by atoms with Gasteiger partial charge in [-0.05, 0) is 82.5 Å². The van der Waals surface area contributed by atoms with Crippen molar-refractivity contribution in [1.82, 2.24) is 5.32 Å². The molecule has 3 fully saturated rings. The van der Waals surface area contributed by atoms with Gasteiger partial charge in [-0.3, -0.25) is 4.79 Å².